The predicted octanol–water partition coefficient (Wildman–Crippen LogP) is 1.86. The normalized spacial score (nSPS) is 10.8. The molecular weight excluding hydrogens is 150 g/mol. The summed E-state index contributed by atoms with van der Waals surface area (Å²) in [5.41, 5.74) is 0. The molecule has 0 heterocycles. The molecular formula is C10H19NO. The number of ketones is 1. The first-order valence-corrected chi connectivity index (χ1v) is 4.43. The van der Waals surface area contributed by atoms with Crippen LogP contribution in [0.25, 0.3) is 0 Å². The van der Waals surface area contributed by atoms with Crippen molar-refractivity contribution in [3.05, 3.63) is 12.7 Å². The van der Waals surface area contributed by atoms with Gasteiger partial charge in [0.2, 0.25) is 0 Å². The van der Waals surface area contributed by atoms with Crippen molar-refractivity contribution in [1.29, 1.82) is 0 Å². The Morgan fingerprint density at radius 3 is 2.58 bits per heavy atom. The molecule has 70 valence electrons. The van der Waals surface area contributed by atoms with Gasteiger partial charge in [-0.05, 0) is 39.9 Å². The highest BCUT2D eigenvalue weighted by Gasteiger charge is 2.03. The Labute approximate surface area is 75.3 Å². The molecule has 0 saturated carbocycles. The first-order chi connectivity index (χ1) is 5.57. The molecule has 0 bridgehead atoms. The molecule has 0 aromatic heterocycles. The van der Waals surface area contributed by atoms with Crippen LogP contribution in [0.5, 0.6) is 0 Å². The zero-order valence-electron chi connectivity index (χ0n) is 8.34. The van der Waals surface area contributed by atoms with Crippen LogP contribution < -0.4 is 0 Å². The van der Waals surface area contributed by atoms with Gasteiger partial charge in [0.25, 0.3) is 0 Å². The quantitative estimate of drug-likeness (QED) is 0.566. The van der Waals surface area contributed by atoms with Crippen LogP contribution in [0.3, 0.4) is 0 Å². The first kappa shape index (κ1) is 11.4. The first-order valence-electron chi connectivity index (χ1n) is 4.43. The molecule has 0 N–H and O–H groups in total. The second kappa shape index (κ2) is 5.95. The number of rotatable bonds is 6. The van der Waals surface area contributed by atoms with Crippen LogP contribution in [0, 0.1) is 0 Å². The highest BCUT2D eigenvalue weighted by molar-refractivity contribution is 5.88. The van der Waals surface area contributed by atoms with Crippen molar-refractivity contribution >= 4 is 5.78 Å². The third-order valence-electron chi connectivity index (χ3n) is 2.04. The maximum absolute atomic E-state index is 10.8. The molecule has 2 heteroatoms. The Hall–Kier alpha value is -0.630. The van der Waals surface area contributed by atoms with Gasteiger partial charge in [-0.1, -0.05) is 6.58 Å². The minimum absolute atomic E-state index is 0.146. The Morgan fingerprint density at radius 2 is 2.17 bits per heavy atom. The lowest BCUT2D eigenvalue weighted by molar-refractivity contribution is -0.114. The summed E-state index contributed by atoms with van der Waals surface area (Å²) in [6.07, 6.45) is 2.95. The average Bonchev–Trinajstić information content (AvgIpc) is 2.03. The summed E-state index contributed by atoms with van der Waals surface area (Å²) >= 11 is 0. The van der Waals surface area contributed by atoms with Gasteiger partial charge in [0, 0.05) is 12.5 Å². The van der Waals surface area contributed by atoms with Crippen LogP contribution in [0.2, 0.25) is 0 Å². The van der Waals surface area contributed by atoms with E-state index < -0.39 is 0 Å². The lowest BCUT2D eigenvalue weighted by Crippen LogP contribution is -2.27. The van der Waals surface area contributed by atoms with Crippen LogP contribution in [0.1, 0.15) is 26.7 Å². The lowest BCUT2D eigenvalue weighted by atomic mass is 10.2. The number of carbonyl (C=O) groups excluding carboxylic acids is 1. The fourth-order valence-electron chi connectivity index (χ4n) is 0.863. The van der Waals surface area contributed by atoms with Crippen molar-refractivity contribution in [2.75, 3.05) is 13.6 Å². The van der Waals surface area contributed by atoms with Gasteiger partial charge < -0.3 is 4.90 Å². The van der Waals surface area contributed by atoms with E-state index in [4.69, 9.17) is 0 Å². The Kier molecular flexibility index (Phi) is 5.64. The molecule has 0 amide bonds. The Morgan fingerprint density at radius 1 is 1.58 bits per heavy atom. The summed E-state index contributed by atoms with van der Waals surface area (Å²) in [7, 11) is 2.07. The fraction of sp³-hybridized carbons (Fsp3) is 0.700. The van der Waals surface area contributed by atoms with Crippen molar-refractivity contribution in [1.82, 2.24) is 4.90 Å². The minimum atomic E-state index is 0.146. The van der Waals surface area contributed by atoms with Gasteiger partial charge in [-0.15, -0.1) is 0 Å². The maximum Gasteiger partial charge on any atom is 0.155 e. The standard InChI is InChI=1S/C10H19NO/c1-5-10(12)7-6-8-11(4)9(2)3/h5,9H,1,6-8H2,2-4H3. The van der Waals surface area contributed by atoms with E-state index in [-0.39, 0.29) is 5.78 Å². The van der Waals surface area contributed by atoms with Crippen LogP contribution in [0.15, 0.2) is 12.7 Å². The van der Waals surface area contributed by atoms with Gasteiger partial charge in [-0.3, -0.25) is 4.79 Å². The molecule has 0 aliphatic heterocycles. The molecule has 12 heavy (non-hydrogen) atoms. The summed E-state index contributed by atoms with van der Waals surface area (Å²) in [6, 6.07) is 0.559. The smallest absolute Gasteiger partial charge is 0.155 e. The number of hydrogen-bond acceptors (Lipinski definition) is 2. The second-order valence-corrected chi connectivity index (χ2v) is 3.35. The molecule has 0 aliphatic rings. The monoisotopic (exact) mass is 169 g/mol. The third kappa shape index (κ3) is 5.08. The van der Waals surface area contributed by atoms with Gasteiger partial charge in [-0.2, -0.15) is 0 Å². The van der Waals surface area contributed by atoms with Gasteiger partial charge in [-0.25, -0.2) is 0 Å². The molecule has 0 atom stereocenters. The number of hydrogen-bond donors (Lipinski definition) is 0. The van der Waals surface area contributed by atoms with Crippen LogP contribution in [-0.2, 0) is 4.79 Å². The zero-order valence-corrected chi connectivity index (χ0v) is 8.34. The van der Waals surface area contributed by atoms with Crippen molar-refractivity contribution < 1.29 is 4.79 Å². The lowest BCUT2D eigenvalue weighted by Gasteiger charge is -2.20. The Bertz CT molecular complexity index is 152. The molecule has 0 aromatic carbocycles. The van der Waals surface area contributed by atoms with E-state index in [2.05, 4.69) is 32.4 Å². The molecule has 2 nitrogen and oxygen atoms in total. The van der Waals surface area contributed by atoms with E-state index in [9.17, 15) is 4.79 Å². The zero-order chi connectivity index (χ0) is 9.56. The Balaban J connectivity index is 3.43. The molecule has 0 unspecified atom stereocenters. The molecule has 0 fully saturated rings. The number of allylic oxidation sites excluding steroid dienone is 1. The van der Waals surface area contributed by atoms with E-state index in [1.54, 1.807) is 0 Å². The van der Waals surface area contributed by atoms with Crippen molar-refractivity contribution in [2.45, 2.75) is 32.7 Å². The topological polar surface area (TPSA) is 20.3 Å². The predicted molar refractivity (Wildman–Crippen MR) is 52.2 cm³/mol. The van der Waals surface area contributed by atoms with E-state index >= 15 is 0 Å². The summed E-state index contributed by atoms with van der Waals surface area (Å²) in [5, 5.41) is 0. The van der Waals surface area contributed by atoms with E-state index in [1.165, 1.54) is 6.08 Å². The minimum Gasteiger partial charge on any atom is -0.304 e. The molecule has 0 aromatic rings. The third-order valence-corrected chi connectivity index (χ3v) is 2.04. The summed E-state index contributed by atoms with van der Waals surface area (Å²) in [5.74, 6) is 0.146. The number of carbonyl (C=O) groups is 1. The summed E-state index contributed by atoms with van der Waals surface area (Å²) in [6.45, 7) is 8.71. The molecule has 0 rings (SSSR count). The van der Waals surface area contributed by atoms with Crippen LogP contribution >= 0.6 is 0 Å². The van der Waals surface area contributed by atoms with Crippen molar-refractivity contribution in [3.63, 3.8) is 0 Å². The van der Waals surface area contributed by atoms with Gasteiger partial charge >= 0.3 is 0 Å². The van der Waals surface area contributed by atoms with E-state index in [1.807, 2.05) is 0 Å². The molecule has 0 spiro atoms. The van der Waals surface area contributed by atoms with E-state index in [0.717, 1.165) is 13.0 Å². The fourth-order valence-corrected chi connectivity index (χ4v) is 0.863. The molecule has 0 saturated heterocycles. The average molecular weight is 169 g/mol. The van der Waals surface area contributed by atoms with Gasteiger partial charge in [0.1, 0.15) is 0 Å². The highest BCUT2D eigenvalue weighted by atomic mass is 16.1. The van der Waals surface area contributed by atoms with Crippen molar-refractivity contribution in [2.24, 2.45) is 0 Å². The van der Waals surface area contributed by atoms with Crippen LogP contribution in [-0.4, -0.2) is 30.3 Å². The summed E-state index contributed by atoms with van der Waals surface area (Å²) in [4.78, 5) is 13.1. The van der Waals surface area contributed by atoms with Gasteiger partial charge in [0.05, 0.1) is 0 Å². The number of nitrogens with zero attached hydrogens (tertiary/aromatic N) is 1. The van der Waals surface area contributed by atoms with Crippen LogP contribution in [0.4, 0.5) is 0 Å². The molecule has 0 radical (unpaired) electrons. The van der Waals surface area contributed by atoms with Crippen molar-refractivity contribution in [3.8, 4) is 0 Å². The SMILES string of the molecule is C=CC(=O)CCCN(C)C(C)C. The van der Waals surface area contributed by atoms with E-state index in [0.29, 0.717) is 12.5 Å². The highest BCUT2D eigenvalue weighted by Crippen LogP contribution is 1.98. The largest absolute Gasteiger partial charge is 0.304 e. The summed E-state index contributed by atoms with van der Waals surface area (Å²) < 4.78 is 0. The molecule has 0 aliphatic carbocycles. The second-order valence-electron chi connectivity index (χ2n) is 3.35. The maximum atomic E-state index is 10.8. The van der Waals surface area contributed by atoms with Gasteiger partial charge in [0.15, 0.2) is 5.78 Å².